The smallest absolute Gasteiger partial charge is 0.262 e. The molecule has 0 bridgehead atoms. The van der Waals surface area contributed by atoms with Crippen LogP contribution in [0.1, 0.15) is 38.3 Å². The van der Waals surface area contributed by atoms with Gasteiger partial charge < -0.3 is 14.0 Å². The number of hydrogen-bond donors (Lipinski definition) is 0. The lowest BCUT2D eigenvalue weighted by molar-refractivity contribution is 0.174. The Kier molecular flexibility index (Phi) is 5.34. The summed E-state index contributed by atoms with van der Waals surface area (Å²) >= 11 is 1.39. The zero-order valence-corrected chi connectivity index (χ0v) is 18.8. The third kappa shape index (κ3) is 3.73. The molecule has 2 aromatic carbocycles. The normalized spacial score (nSPS) is 12.8. The summed E-state index contributed by atoms with van der Waals surface area (Å²) in [6.45, 7) is 6.17. The maximum Gasteiger partial charge on any atom is 0.262 e. The Labute approximate surface area is 188 Å². The molecular weight excluding hydrogens is 428 g/mol. The third-order valence-electron chi connectivity index (χ3n) is 5.29. The van der Waals surface area contributed by atoms with Crippen molar-refractivity contribution in [2.45, 2.75) is 44.1 Å². The van der Waals surface area contributed by atoms with Crippen LogP contribution in [0.4, 0.5) is 0 Å². The predicted octanol–water partition coefficient (Wildman–Crippen LogP) is 4.61. The molecule has 0 amide bonds. The van der Waals surface area contributed by atoms with Crippen LogP contribution in [0.15, 0.2) is 50.9 Å². The number of fused-ring (bicyclic) bond motifs is 2. The molecule has 8 nitrogen and oxygen atoms in total. The Morgan fingerprint density at radius 3 is 2.56 bits per heavy atom. The SMILES string of the molecule is CCc1ccc(-c2noc(CSc3nc4cc5c(cc4c(=O)n3C(C)C)OCO5)n2)cc1. The number of thioether (sulfide) groups is 1. The summed E-state index contributed by atoms with van der Waals surface area (Å²) in [6.07, 6.45) is 0.979. The second-order valence-corrected chi connectivity index (χ2v) is 8.68. The third-order valence-corrected chi connectivity index (χ3v) is 6.23. The highest BCUT2D eigenvalue weighted by Gasteiger charge is 2.20. The van der Waals surface area contributed by atoms with Crippen LogP contribution in [-0.2, 0) is 12.2 Å². The lowest BCUT2D eigenvalue weighted by atomic mass is 10.1. The molecule has 2 aromatic heterocycles. The van der Waals surface area contributed by atoms with Gasteiger partial charge in [0.05, 0.1) is 16.7 Å². The first kappa shape index (κ1) is 20.6. The molecule has 0 atom stereocenters. The van der Waals surface area contributed by atoms with Gasteiger partial charge in [-0.15, -0.1) is 0 Å². The van der Waals surface area contributed by atoms with Gasteiger partial charge in [0.2, 0.25) is 18.5 Å². The van der Waals surface area contributed by atoms with Crippen LogP contribution < -0.4 is 15.0 Å². The number of ether oxygens (including phenoxy) is 2. The van der Waals surface area contributed by atoms with Crippen molar-refractivity contribution in [2.75, 3.05) is 6.79 Å². The van der Waals surface area contributed by atoms with Crippen molar-refractivity contribution in [2.24, 2.45) is 0 Å². The van der Waals surface area contributed by atoms with Crippen LogP contribution in [0.3, 0.4) is 0 Å². The number of aromatic nitrogens is 4. The van der Waals surface area contributed by atoms with E-state index in [0.29, 0.717) is 45.0 Å². The molecule has 0 spiro atoms. The largest absolute Gasteiger partial charge is 0.454 e. The summed E-state index contributed by atoms with van der Waals surface area (Å²) in [5, 5.41) is 5.19. The van der Waals surface area contributed by atoms with Crippen molar-refractivity contribution in [3.05, 3.63) is 58.2 Å². The highest BCUT2D eigenvalue weighted by Crippen LogP contribution is 2.35. The standard InChI is InChI=1S/C23H22N4O4S/c1-4-14-5-7-15(8-6-14)21-25-20(31-26-21)11-32-23-24-17-10-19-18(29-12-30-19)9-16(17)22(28)27(23)13(2)3/h5-10,13H,4,11-12H2,1-3H3. The molecule has 9 heteroatoms. The number of benzene rings is 2. The van der Waals surface area contributed by atoms with Crippen LogP contribution in [0.2, 0.25) is 0 Å². The first-order valence-corrected chi connectivity index (χ1v) is 11.4. The van der Waals surface area contributed by atoms with Crippen LogP contribution in [0.25, 0.3) is 22.3 Å². The lowest BCUT2D eigenvalue weighted by Gasteiger charge is -2.15. The quantitative estimate of drug-likeness (QED) is 0.311. The summed E-state index contributed by atoms with van der Waals surface area (Å²) in [6, 6.07) is 11.5. The van der Waals surface area contributed by atoms with Gasteiger partial charge in [0.25, 0.3) is 5.56 Å². The highest BCUT2D eigenvalue weighted by molar-refractivity contribution is 7.98. The van der Waals surface area contributed by atoms with E-state index >= 15 is 0 Å². The Balaban J connectivity index is 1.44. The van der Waals surface area contributed by atoms with Crippen LogP contribution in [-0.4, -0.2) is 26.5 Å². The average Bonchev–Trinajstić information content (AvgIpc) is 3.45. The minimum absolute atomic E-state index is 0.0670. The van der Waals surface area contributed by atoms with Crippen molar-refractivity contribution in [1.82, 2.24) is 19.7 Å². The predicted molar refractivity (Wildman–Crippen MR) is 121 cm³/mol. The molecule has 0 saturated heterocycles. The Bertz CT molecular complexity index is 1340. The number of rotatable bonds is 6. The fraction of sp³-hybridized carbons (Fsp3) is 0.304. The zero-order chi connectivity index (χ0) is 22.2. The van der Waals surface area contributed by atoms with Gasteiger partial charge in [0.15, 0.2) is 16.7 Å². The first-order chi connectivity index (χ1) is 15.5. The van der Waals surface area contributed by atoms with Gasteiger partial charge >= 0.3 is 0 Å². The minimum Gasteiger partial charge on any atom is -0.454 e. The summed E-state index contributed by atoms with van der Waals surface area (Å²) < 4.78 is 18.0. The highest BCUT2D eigenvalue weighted by atomic mass is 32.2. The molecule has 0 aliphatic carbocycles. The monoisotopic (exact) mass is 450 g/mol. The van der Waals surface area contributed by atoms with Gasteiger partial charge in [-0.2, -0.15) is 4.98 Å². The Morgan fingerprint density at radius 2 is 1.84 bits per heavy atom. The minimum atomic E-state index is -0.118. The van der Waals surface area contributed by atoms with Gasteiger partial charge in [-0.25, -0.2) is 4.98 Å². The van der Waals surface area contributed by atoms with Crippen LogP contribution in [0.5, 0.6) is 11.5 Å². The van der Waals surface area contributed by atoms with Crippen molar-refractivity contribution in [3.63, 3.8) is 0 Å². The van der Waals surface area contributed by atoms with Crippen molar-refractivity contribution in [1.29, 1.82) is 0 Å². The molecule has 5 rings (SSSR count). The van der Waals surface area contributed by atoms with Gasteiger partial charge in [-0.05, 0) is 31.9 Å². The van der Waals surface area contributed by atoms with Gasteiger partial charge in [-0.3, -0.25) is 9.36 Å². The van der Waals surface area contributed by atoms with E-state index in [1.807, 2.05) is 26.0 Å². The van der Waals surface area contributed by atoms with E-state index in [-0.39, 0.29) is 18.4 Å². The maximum atomic E-state index is 13.2. The van der Waals surface area contributed by atoms with E-state index in [4.69, 9.17) is 19.0 Å². The Hall–Kier alpha value is -3.33. The fourth-order valence-electron chi connectivity index (χ4n) is 3.57. The molecule has 0 unspecified atom stereocenters. The maximum absolute atomic E-state index is 13.2. The fourth-order valence-corrected chi connectivity index (χ4v) is 4.54. The van der Waals surface area contributed by atoms with E-state index in [1.165, 1.54) is 17.3 Å². The van der Waals surface area contributed by atoms with Crippen molar-refractivity contribution >= 4 is 22.7 Å². The number of hydrogen-bond acceptors (Lipinski definition) is 8. The molecule has 0 saturated carbocycles. The first-order valence-electron chi connectivity index (χ1n) is 10.4. The molecule has 3 heterocycles. The van der Waals surface area contributed by atoms with Gasteiger partial charge in [0.1, 0.15) is 0 Å². The van der Waals surface area contributed by atoms with E-state index in [0.717, 1.165) is 12.0 Å². The van der Waals surface area contributed by atoms with E-state index in [2.05, 4.69) is 29.2 Å². The Morgan fingerprint density at radius 1 is 1.09 bits per heavy atom. The molecule has 0 fully saturated rings. The number of aryl methyl sites for hydroxylation is 1. The second kappa shape index (κ2) is 8.31. The van der Waals surface area contributed by atoms with E-state index in [9.17, 15) is 4.79 Å². The summed E-state index contributed by atoms with van der Waals surface area (Å²) in [5.41, 5.74) is 2.61. The topological polar surface area (TPSA) is 92.3 Å². The van der Waals surface area contributed by atoms with E-state index in [1.54, 1.807) is 16.7 Å². The van der Waals surface area contributed by atoms with Crippen LogP contribution in [0, 0.1) is 0 Å². The molecule has 0 N–H and O–H groups in total. The number of nitrogens with zero attached hydrogens (tertiary/aromatic N) is 4. The average molecular weight is 451 g/mol. The van der Waals surface area contributed by atoms with Gasteiger partial charge in [0, 0.05) is 17.7 Å². The van der Waals surface area contributed by atoms with Crippen LogP contribution >= 0.6 is 11.8 Å². The zero-order valence-electron chi connectivity index (χ0n) is 18.0. The summed E-state index contributed by atoms with van der Waals surface area (Å²) in [5.74, 6) is 2.58. The van der Waals surface area contributed by atoms with Crippen molar-refractivity contribution < 1.29 is 14.0 Å². The molecule has 1 aliphatic heterocycles. The lowest BCUT2D eigenvalue weighted by Crippen LogP contribution is -2.25. The summed E-state index contributed by atoms with van der Waals surface area (Å²) in [4.78, 5) is 22.4. The molecular formula is C23H22N4O4S. The summed E-state index contributed by atoms with van der Waals surface area (Å²) in [7, 11) is 0. The molecule has 32 heavy (non-hydrogen) atoms. The van der Waals surface area contributed by atoms with Gasteiger partial charge in [-0.1, -0.05) is 48.1 Å². The molecule has 0 radical (unpaired) electrons. The molecule has 4 aromatic rings. The second-order valence-electron chi connectivity index (χ2n) is 7.74. The molecule has 1 aliphatic rings. The molecule has 164 valence electrons. The van der Waals surface area contributed by atoms with E-state index < -0.39 is 0 Å². The van der Waals surface area contributed by atoms with Crippen molar-refractivity contribution in [3.8, 4) is 22.9 Å².